The highest BCUT2D eigenvalue weighted by Crippen LogP contribution is 2.22. The maximum absolute atomic E-state index is 12.3. The lowest BCUT2D eigenvalue weighted by atomic mass is 10.1. The van der Waals surface area contributed by atoms with Crippen LogP contribution in [0.2, 0.25) is 5.15 Å². The molecular weight excluding hydrogens is 280 g/mol. The predicted molar refractivity (Wildman–Crippen MR) is 76.8 cm³/mol. The van der Waals surface area contributed by atoms with E-state index < -0.39 is 0 Å². The van der Waals surface area contributed by atoms with Gasteiger partial charge >= 0.3 is 0 Å². The smallest absolute Gasteiger partial charge is 0.272 e. The molecule has 2 rings (SSSR count). The lowest BCUT2D eigenvalue weighted by molar-refractivity contribution is 0.0679. The molecule has 1 amide bonds. The number of benzene rings is 1. The molecule has 0 aliphatic rings. The Morgan fingerprint density at radius 3 is 2.50 bits per heavy atom. The van der Waals surface area contributed by atoms with Gasteiger partial charge in [0.25, 0.3) is 5.91 Å². The lowest BCUT2D eigenvalue weighted by Gasteiger charge is -2.20. The van der Waals surface area contributed by atoms with Gasteiger partial charge in [-0.1, -0.05) is 35.9 Å². The van der Waals surface area contributed by atoms with Crippen LogP contribution < -0.4 is 0 Å². The first kappa shape index (κ1) is 14.7. The van der Waals surface area contributed by atoms with Gasteiger partial charge in [-0.25, -0.2) is 4.98 Å². The molecular formula is C14H15ClN2O3. The van der Waals surface area contributed by atoms with Crippen LogP contribution in [-0.4, -0.2) is 52.3 Å². The van der Waals surface area contributed by atoms with Gasteiger partial charge in [0.05, 0.1) is 13.2 Å². The number of carbonyl (C=O) groups is 1. The molecule has 6 heteroatoms. The standard InChI is InChI=1S/C14H15ClN2O3/c15-13-11-4-2-1-3-10(11)9-12(16-13)14(20)17(5-7-18)6-8-19/h1-4,9,18-19H,5-8H2. The first-order chi connectivity index (χ1) is 9.67. The number of pyridine rings is 1. The molecule has 1 aromatic heterocycles. The Bertz CT molecular complexity index is 612. The second-order valence-corrected chi connectivity index (χ2v) is 4.62. The van der Waals surface area contributed by atoms with Crippen LogP contribution in [0.3, 0.4) is 0 Å². The minimum absolute atomic E-state index is 0.144. The average molecular weight is 295 g/mol. The summed E-state index contributed by atoms with van der Waals surface area (Å²) in [4.78, 5) is 17.7. The summed E-state index contributed by atoms with van der Waals surface area (Å²) in [7, 11) is 0. The fraction of sp³-hybridized carbons (Fsp3) is 0.286. The van der Waals surface area contributed by atoms with E-state index in [0.717, 1.165) is 10.8 Å². The number of amides is 1. The second kappa shape index (κ2) is 6.65. The van der Waals surface area contributed by atoms with Crippen LogP contribution in [0, 0.1) is 0 Å². The Balaban J connectivity index is 2.38. The van der Waals surface area contributed by atoms with E-state index in [1.165, 1.54) is 4.90 Å². The van der Waals surface area contributed by atoms with Gasteiger partial charge in [-0.3, -0.25) is 4.79 Å². The SMILES string of the molecule is O=C(c1cc2ccccc2c(Cl)n1)N(CCO)CCO. The van der Waals surface area contributed by atoms with Crippen molar-refractivity contribution in [1.29, 1.82) is 0 Å². The molecule has 0 saturated carbocycles. The van der Waals surface area contributed by atoms with Gasteiger partial charge in [-0.2, -0.15) is 0 Å². The Labute approximate surface area is 121 Å². The predicted octanol–water partition coefficient (Wildman–Crippen LogP) is 1.31. The second-order valence-electron chi connectivity index (χ2n) is 4.26. The molecule has 1 aromatic carbocycles. The Morgan fingerprint density at radius 2 is 1.85 bits per heavy atom. The quantitative estimate of drug-likeness (QED) is 0.816. The van der Waals surface area contributed by atoms with Gasteiger partial charge in [0, 0.05) is 18.5 Å². The zero-order valence-electron chi connectivity index (χ0n) is 10.8. The van der Waals surface area contributed by atoms with E-state index in [2.05, 4.69) is 4.98 Å². The van der Waals surface area contributed by atoms with Crippen molar-refractivity contribution in [2.45, 2.75) is 0 Å². The zero-order valence-corrected chi connectivity index (χ0v) is 11.5. The number of aliphatic hydroxyl groups is 2. The molecule has 20 heavy (non-hydrogen) atoms. The largest absolute Gasteiger partial charge is 0.395 e. The molecule has 0 aliphatic carbocycles. The highest BCUT2D eigenvalue weighted by atomic mass is 35.5. The number of halogens is 1. The van der Waals surface area contributed by atoms with E-state index in [9.17, 15) is 4.79 Å². The van der Waals surface area contributed by atoms with Gasteiger partial charge in [-0.15, -0.1) is 0 Å². The summed E-state index contributed by atoms with van der Waals surface area (Å²) < 4.78 is 0. The third-order valence-electron chi connectivity index (χ3n) is 2.94. The van der Waals surface area contributed by atoms with Crippen LogP contribution in [-0.2, 0) is 0 Å². The monoisotopic (exact) mass is 294 g/mol. The fourth-order valence-electron chi connectivity index (χ4n) is 1.98. The number of carbonyl (C=O) groups excluding carboxylic acids is 1. The summed E-state index contributed by atoms with van der Waals surface area (Å²) in [6.07, 6.45) is 0. The van der Waals surface area contributed by atoms with Crippen LogP contribution in [0.15, 0.2) is 30.3 Å². The molecule has 5 nitrogen and oxygen atoms in total. The maximum atomic E-state index is 12.3. The first-order valence-corrected chi connectivity index (χ1v) is 6.61. The minimum atomic E-state index is -0.360. The summed E-state index contributed by atoms with van der Waals surface area (Å²) in [6.45, 7) is -0.0584. The maximum Gasteiger partial charge on any atom is 0.272 e. The molecule has 0 atom stereocenters. The molecule has 0 bridgehead atoms. The summed E-state index contributed by atoms with van der Waals surface area (Å²) in [5.74, 6) is -0.360. The van der Waals surface area contributed by atoms with Crippen LogP contribution in [0.1, 0.15) is 10.5 Å². The number of nitrogens with zero attached hydrogens (tertiary/aromatic N) is 2. The molecule has 0 spiro atoms. The number of aliphatic hydroxyl groups excluding tert-OH is 2. The zero-order chi connectivity index (χ0) is 14.5. The highest BCUT2D eigenvalue weighted by Gasteiger charge is 2.17. The molecule has 0 aliphatic heterocycles. The number of fused-ring (bicyclic) bond motifs is 1. The summed E-state index contributed by atoms with van der Waals surface area (Å²) >= 11 is 6.08. The van der Waals surface area contributed by atoms with Crippen molar-refractivity contribution < 1.29 is 15.0 Å². The Morgan fingerprint density at radius 1 is 1.20 bits per heavy atom. The minimum Gasteiger partial charge on any atom is -0.395 e. The van der Waals surface area contributed by atoms with Crippen LogP contribution >= 0.6 is 11.6 Å². The third-order valence-corrected chi connectivity index (χ3v) is 3.23. The van der Waals surface area contributed by atoms with E-state index in [1.807, 2.05) is 24.3 Å². The summed E-state index contributed by atoms with van der Waals surface area (Å²) in [5.41, 5.74) is 0.204. The van der Waals surface area contributed by atoms with E-state index >= 15 is 0 Å². The Hall–Kier alpha value is -1.69. The highest BCUT2D eigenvalue weighted by molar-refractivity contribution is 6.34. The van der Waals surface area contributed by atoms with Crippen LogP contribution in [0.25, 0.3) is 10.8 Å². The Kier molecular flexibility index (Phi) is 4.89. The van der Waals surface area contributed by atoms with E-state index in [-0.39, 0.29) is 43.1 Å². The van der Waals surface area contributed by atoms with Crippen molar-refractivity contribution in [3.8, 4) is 0 Å². The molecule has 2 aromatic rings. The normalized spacial score (nSPS) is 10.8. The van der Waals surface area contributed by atoms with Gasteiger partial charge in [-0.05, 0) is 11.5 Å². The average Bonchev–Trinajstić information content (AvgIpc) is 2.46. The molecule has 0 unspecified atom stereocenters. The van der Waals surface area contributed by atoms with Crippen molar-refractivity contribution in [3.63, 3.8) is 0 Å². The van der Waals surface area contributed by atoms with Crippen LogP contribution in [0.5, 0.6) is 0 Å². The number of rotatable bonds is 5. The number of hydrogen-bond acceptors (Lipinski definition) is 4. The topological polar surface area (TPSA) is 73.7 Å². The van der Waals surface area contributed by atoms with Crippen molar-refractivity contribution in [1.82, 2.24) is 9.88 Å². The number of aromatic nitrogens is 1. The van der Waals surface area contributed by atoms with Gasteiger partial charge in [0.1, 0.15) is 10.8 Å². The van der Waals surface area contributed by atoms with Crippen LogP contribution in [0.4, 0.5) is 0 Å². The van der Waals surface area contributed by atoms with Crippen molar-refractivity contribution in [2.24, 2.45) is 0 Å². The lowest BCUT2D eigenvalue weighted by Crippen LogP contribution is -2.36. The first-order valence-electron chi connectivity index (χ1n) is 6.23. The van der Waals surface area contributed by atoms with Crippen molar-refractivity contribution in [3.05, 3.63) is 41.2 Å². The molecule has 2 N–H and O–H groups in total. The third kappa shape index (κ3) is 3.07. The summed E-state index contributed by atoms with van der Waals surface area (Å²) in [6, 6.07) is 9.04. The van der Waals surface area contributed by atoms with E-state index in [0.29, 0.717) is 0 Å². The fourth-order valence-corrected chi connectivity index (χ4v) is 2.25. The van der Waals surface area contributed by atoms with Crippen molar-refractivity contribution >= 4 is 28.3 Å². The number of hydrogen-bond donors (Lipinski definition) is 2. The molecule has 1 heterocycles. The summed E-state index contributed by atoms with van der Waals surface area (Å²) in [5, 5.41) is 19.8. The van der Waals surface area contributed by atoms with Crippen molar-refractivity contribution in [2.75, 3.05) is 26.3 Å². The molecule has 0 fully saturated rings. The van der Waals surface area contributed by atoms with E-state index in [4.69, 9.17) is 21.8 Å². The molecule has 106 valence electrons. The molecule has 0 saturated heterocycles. The molecule has 0 radical (unpaired) electrons. The van der Waals surface area contributed by atoms with Gasteiger partial charge in [0.15, 0.2) is 0 Å². The van der Waals surface area contributed by atoms with E-state index in [1.54, 1.807) is 6.07 Å². The van der Waals surface area contributed by atoms with Gasteiger partial charge in [0.2, 0.25) is 0 Å². The van der Waals surface area contributed by atoms with Gasteiger partial charge < -0.3 is 15.1 Å².